The molecule has 0 unspecified atom stereocenters. The second-order valence-corrected chi connectivity index (χ2v) is 6.20. The molecule has 1 aromatic carbocycles. The summed E-state index contributed by atoms with van der Waals surface area (Å²) in [7, 11) is 0. The number of nitrogens with two attached hydrogens (primary N) is 1. The van der Waals surface area contributed by atoms with E-state index < -0.39 is 0 Å². The fourth-order valence-corrected chi connectivity index (χ4v) is 3.19. The SMILES string of the molecule is Cl.Nc1ccccc1CCC(=O)NCCCC1CCCCC1. The van der Waals surface area contributed by atoms with Crippen LogP contribution in [0.5, 0.6) is 0 Å². The number of hydrogen-bond donors (Lipinski definition) is 2. The summed E-state index contributed by atoms with van der Waals surface area (Å²) in [4.78, 5) is 11.8. The molecule has 0 aromatic heterocycles. The number of amides is 1. The molecule has 3 N–H and O–H groups in total. The highest BCUT2D eigenvalue weighted by Gasteiger charge is 2.12. The van der Waals surface area contributed by atoms with Crippen molar-refractivity contribution in [1.29, 1.82) is 0 Å². The van der Waals surface area contributed by atoms with Gasteiger partial charge in [-0.3, -0.25) is 4.79 Å². The van der Waals surface area contributed by atoms with Crippen molar-refractivity contribution >= 4 is 24.0 Å². The molecule has 1 aliphatic rings. The van der Waals surface area contributed by atoms with Crippen LogP contribution in [-0.2, 0) is 11.2 Å². The number of carbonyl (C=O) groups excluding carboxylic acids is 1. The molecule has 0 saturated heterocycles. The molecule has 124 valence electrons. The first-order valence-corrected chi connectivity index (χ1v) is 8.36. The van der Waals surface area contributed by atoms with Gasteiger partial charge in [0.05, 0.1) is 0 Å². The van der Waals surface area contributed by atoms with Gasteiger partial charge in [-0.05, 0) is 36.8 Å². The van der Waals surface area contributed by atoms with Gasteiger partial charge in [0.1, 0.15) is 0 Å². The van der Waals surface area contributed by atoms with Crippen LogP contribution in [0.2, 0.25) is 0 Å². The molecule has 1 aromatic rings. The molecule has 1 saturated carbocycles. The number of halogens is 1. The second kappa shape index (κ2) is 10.5. The largest absolute Gasteiger partial charge is 0.399 e. The van der Waals surface area contributed by atoms with E-state index in [4.69, 9.17) is 5.73 Å². The highest BCUT2D eigenvalue weighted by molar-refractivity contribution is 5.85. The lowest BCUT2D eigenvalue weighted by Crippen LogP contribution is -2.25. The van der Waals surface area contributed by atoms with Gasteiger partial charge in [-0.1, -0.05) is 50.3 Å². The maximum Gasteiger partial charge on any atom is 0.220 e. The Hall–Kier alpha value is -1.22. The standard InChI is InChI=1S/C18H28N2O.ClH/c19-17-11-5-4-10-16(17)12-13-18(21)20-14-6-9-15-7-2-1-3-8-15;/h4-5,10-11,15H,1-3,6-9,12-14,19H2,(H,20,21);1H. The fraction of sp³-hybridized carbons (Fsp3) is 0.611. The number of benzene rings is 1. The Morgan fingerprint density at radius 1 is 1.18 bits per heavy atom. The number of nitrogens with one attached hydrogen (secondary N) is 1. The van der Waals surface area contributed by atoms with Gasteiger partial charge in [-0.2, -0.15) is 0 Å². The van der Waals surface area contributed by atoms with Gasteiger partial charge >= 0.3 is 0 Å². The summed E-state index contributed by atoms with van der Waals surface area (Å²) in [6.45, 7) is 0.819. The molecular formula is C18H29ClN2O. The summed E-state index contributed by atoms with van der Waals surface area (Å²) in [5.41, 5.74) is 7.72. The van der Waals surface area contributed by atoms with Gasteiger partial charge in [-0.15, -0.1) is 12.4 Å². The van der Waals surface area contributed by atoms with Gasteiger partial charge in [0, 0.05) is 18.7 Å². The summed E-state index contributed by atoms with van der Waals surface area (Å²) < 4.78 is 0. The third-order valence-electron chi connectivity index (χ3n) is 4.51. The Balaban J connectivity index is 0.00000242. The van der Waals surface area contributed by atoms with Crippen molar-refractivity contribution in [3.05, 3.63) is 29.8 Å². The van der Waals surface area contributed by atoms with Gasteiger partial charge < -0.3 is 11.1 Å². The number of hydrogen-bond acceptors (Lipinski definition) is 2. The van der Waals surface area contributed by atoms with Gasteiger partial charge in [0.15, 0.2) is 0 Å². The number of aryl methyl sites for hydroxylation is 1. The summed E-state index contributed by atoms with van der Waals surface area (Å²) in [5, 5.41) is 3.03. The third-order valence-corrected chi connectivity index (χ3v) is 4.51. The van der Waals surface area contributed by atoms with Crippen LogP contribution in [0.3, 0.4) is 0 Å². The second-order valence-electron chi connectivity index (χ2n) is 6.20. The van der Waals surface area contributed by atoms with Crippen molar-refractivity contribution in [2.45, 2.75) is 57.8 Å². The number of carbonyl (C=O) groups is 1. The van der Waals surface area contributed by atoms with Crippen LogP contribution in [0.15, 0.2) is 24.3 Å². The summed E-state index contributed by atoms with van der Waals surface area (Å²) in [6.07, 6.45) is 10.6. The molecule has 0 radical (unpaired) electrons. The van der Waals surface area contributed by atoms with Crippen LogP contribution >= 0.6 is 12.4 Å². The molecule has 1 amide bonds. The van der Waals surface area contributed by atoms with Crippen LogP contribution < -0.4 is 11.1 Å². The molecule has 1 aliphatic carbocycles. The molecule has 0 spiro atoms. The van der Waals surface area contributed by atoms with E-state index in [0.29, 0.717) is 6.42 Å². The molecular weight excluding hydrogens is 296 g/mol. The van der Waals surface area contributed by atoms with Crippen LogP contribution in [0.4, 0.5) is 5.69 Å². The third kappa shape index (κ3) is 6.69. The van der Waals surface area contributed by atoms with Crippen molar-refractivity contribution in [2.24, 2.45) is 5.92 Å². The van der Waals surface area contributed by atoms with Crippen LogP contribution in [0, 0.1) is 5.92 Å². The summed E-state index contributed by atoms with van der Waals surface area (Å²) in [6, 6.07) is 7.76. The van der Waals surface area contributed by atoms with Crippen molar-refractivity contribution in [1.82, 2.24) is 5.32 Å². The number of anilines is 1. The minimum atomic E-state index is 0. The summed E-state index contributed by atoms with van der Waals surface area (Å²) >= 11 is 0. The van der Waals surface area contributed by atoms with Crippen LogP contribution in [0.1, 0.15) is 56.9 Å². The first-order chi connectivity index (χ1) is 10.3. The minimum absolute atomic E-state index is 0. The molecule has 22 heavy (non-hydrogen) atoms. The first kappa shape index (κ1) is 18.8. The number of rotatable bonds is 7. The lowest BCUT2D eigenvalue weighted by atomic mass is 9.86. The van der Waals surface area contributed by atoms with E-state index in [1.54, 1.807) is 0 Å². The van der Waals surface area contributed by atoms with E-state index in [9.17, 15) is 4.79 Å². The van der Waals surface area contributed by atoms with Gasteiger partial charge in [0.25, 0.3) is 0 Å². The highest BCUT2D eigenvalue weighted by Crippen LogP contribution is 2.26. The van der Waals surface area contributed by atoms with E-state index in [1.807, 2.05) is 24.3 Å². The van der Waals surface area contributed by atoms with Crippen molar-refractivity contribution in [3.8, 4) is 0 Å². The van der Waals surface area contributed by atoms with E-state index in [2.05, 4.69) is 5.32 Å². The van der Waals surface area contributed by atoms with Crippen LogP contribution in [-0.4, -0.2) is 12.5 Å². The Bertz CT molecular complexity index is 444. The van der Waals surface area contributed by atoms with Gasteiger partial charge in [-0.25, -0.2) is 0 Å². The zero-order valence-corrected chi connectivity index (χ0v) is 14.2. The molecule has 0 bridgehead atoms. The fourth-order valence-electron chi connectivity index (χ4n) is 3.19. The monoisotopic (exact) mass is 324 g/mol. The first-order valence-electron chi connectivity index (χ1n) is 8.36. The van der Waals surface area contributed by atoms with Crippen molar-refractivity contribution < 1.29 is 4.79 Å². The topological polar surface area (TPSA) is 55.1 Å². The Kier molecular flexibility index (Phi) is 8.98. The molecule has 2 rings (SSSR count). The quantitative estimate of drug-likeness (QED) is 0.586. The maximum atomic E-state index is 11.8. The predicted octanol–water partition coefficient (Wildman–Crippen LogP) is 4.10. The lowest BCUT2D eigenvalue weighted by Gasteiger charge is -2.21. The van der Waals surface area contributed by atoms with Crippen LogP contribution in [0.25, 0.3) is 0 Å². The zero-order valence-electron chi connectivity index (χ0n) is 13.4. The van der Waals surface area contributed by atoms with Crippen molar-refractivity contribution in [2.75, 3.05) is 12.3 Å². The van der Waals surface area contributed by atoms with Crippen molar-refractivity contribution in [3.63, 3.8) is 0 Å². The lowest BCUT2D eigenvalue weighted by molar-refractivity contribution is -0.121. The molecule has 1 fully saturated rings. The van der Waals surface area contributed by atoms with E-state index in [0.717, 1.165) is 36.6 Å². The maximum absolute atomic E-state index is 11.8. The highest BCUT2D eigenvalue weighted by atomic mass is 35.5. The molecule has 3 nitrogen and oxygen atoms in total. The average molecular weight is 325 g/mol. The number of para-hydroxylation sites is 1. The average Bonchev–Trinajstić information content (AvgIpc) is 2.52. The van der Waals surface area contributed by atoms with E-state index >= 15 is 0 Å². The van der Waals surface area contributed by atoms with E-state index in [1.165, 1.54) is 38.5 Å². The smallest absolute Gasteiger partial charge is 0.220 e. The predicted molar refractivity (Wildman–Crippen MR) is 95.2 cm³/mol. The number of nitrogen functional groups attached to an aromatic ring is 1. The minimum Gasteiger partial charge on any atom is -0.399 e. The molecule has 4 heteroatoms. The molecule has 0 heterocycles. The molecule has 0 atom stereocenters. The Morgan fingerprint density at radius 2 is 1.91 bits per heavy atom. The van der Waals surface area contributed by atoms with Gasteiger partial charge in [0.2, 0.25) is 5.91 Å². The zero-order chi connectivity index (χ0) is 14.9. The summed E-state index contributed by atoms with van der Waals surface area (Å²) in [5.74, 6) is 1.04. The normalized spacial score (nSPS) is 15.1. The van der Waals surface area contributed by atoms with E-state index in [-0.39, 0.29) is 18.3 Å². The molecule has 0 aliphatic heterocycles. The Labute approximate surface area is 140 Å². The Morgan fingerprint density at radius 3 is 2.64 bits per heavy atom.